The van der Waals surface area contributed by atoms with Crippen LogP contribution in [0.2, 0.25) is 0 Å². The van der Waals surface area contributed by atoms with Crippen molar-refractivity contribution in [3.63, 3.8) is 0 Å². The quantitative estimate of drug-likeness (QED) is 0.301. The fourth-order valence-electron chi connectivity index (χ4n) is 5.02. The van der Waals surface area contributed by atoms with Gasteiger partial charge in [0.1, 0.15) is 11.9 Å². The van der Waals surface area contributed by atoms with E-state index in [0.29, 0.717) is 0 Å². The molecule has 2 N–H and O–H groups in total. The highest BCUT2D eigenvalue weighted by atomic mass is 16.5. The average molecular weight is 499 g/mol. The van der Waals surface area contributed by atoms with E-state index in [1.165, 1.54) is 11.1 Å². The van der Waals surface area contributed by atoms with Crippen LogP contribution in [0, 0.1) is 0 Å². The predicted octanol–water partition coefficient (Wildman–Crippen LogP) is 4.90. The average Bonchev–Trinajstić information content (AvgIpc) is 3.42. The number of likely N-dealkylation sites (N-methyl/N-ethyl adjacent to an activating group) is 2. The summed E-state index contributed by atoms with van der Waals surface area (Å²) in [6.45, 7) is 1.61. The van der Waals surface area contributed by atoms with Crippen molar-refractivity contribution in [2.75, 3.05) is 48.4 Å². The van der Waals surface area contributed by atoms with E-state index < -0.39 is 0 Å². The largest absolute Gasteiger partial charge is 0.508 e. The summed E-state index contributed by atoms with van der Waals surface area (Å²) >= 11 is 0. The number of fused-ring (bicyclic) bond motifs is 3. The van der Waals surface area contributed by atoms with Gasteiger partial charge >= 0.3 is 0 Å². The topological polar surface area (TPSA) is 73.9 Å². The Morgan fingerprint density at radius 2 is 1.46 bits per heavy atom. The fraction of sp³-hybridized carbons (Fsp3) is 0.300. The zero-order chi connectivity index (χ0) is 26.1. The SMILES string of the molecule is COc1cc2c(cc1OC(CN(C)C)CN(C)C)-c1[nH]nc(-c3ccc(-c4ccc(O)cc4)cc3)c1C2. The van der Waals surface area contributed by atoms with Gasteiger partial charge in [-0.05, 0) is 69.1 Å². The third-order valence-corrected chi connectivity index (χ3v) is 6.68. The number of H-pyrrole nitrogens is 1. The van der Waals surface area contributed by atoms with Crippen LogP contribution in [-0.2, 0) is 6.42 Å². The van der Waals surface area contributed by atoms with Crippen molar-refractivity contribution in [3.8, 4) is 50.9 Å². The molecule has 192 valence electrons. The number of phenols is 1. The van der Waals surface area contributed by atoms with Crippen molar-refractivity contribution in [1.29, 1.82) is 0 Å². The van der Waals surface area contributed by atoms with Gasteiger partial charge in [-0.1, -0.05) is 36.4 Å². The minimum atomic E-state index is 0.00208. The lowest BCUT2D eigenvalue weighted by atomic mass is 10.0. The predicted molar refractivity (Wildman–Crippen MR) is 147 cm³/mol. The van der Waals surface area contributed by atoms with Gasteiger partial charge in [-0.25, -0.2) is 0 Å². The van der Waals surface area contributed by atoms with Crippen molar-refractivity contribution < 1.29 is 14.6 Å². The molecule has 0 atom stereocenters. The van der Waals surface area contributed by atoms with Crippen LogP contribution in [0.3, 0.4) is 0 Å². The molecule has 0 radical (unpaired) electrons. The number of nitrogens with zero attached hydrogens (tertiary/aromatic N) is 3. The van der Waals surface area contributed by atoms with Gasteiger partial charge in [-0.3, -0.25) is 5.10 Å². The van der Waals surface area contributed by atoms with Crippen molar-refractivity contribution >= 4 is 0 Å². The first-order valence-corrected chi connectivity index (χ1v) is 12.5. The first-order valence-electron chi connectivity index (χ1n) is 12.5. The van der Waals surface area contributed by atoms with Gasteiger partial charge in [0.15, 0.2) is 11.5 Å². The smallest absolute Gasteiger partial charge is 0.162 e. The van der Waals surface area contributed by atoms with Crippen molar-refractivity contribution in [1.82, 2.24) is 20.0 Å². The summed E-state index contributed by atoms with van der Waals surface area (Å²) in [5.74, 6) is 1.76. The van der Waals surface area contributed by atoms with Crippen molar-refractivity contribution in [2.24, 2.45) is 0 Å². The Bertz CT molecular complexity index is 1370. The van der Waals surface area contributed by atoms with E-state index in [1.807, 2.05) is 12.1 Å². The summed E-state index contributed by atoms with van der Waals surface area (Å²) in [5.41, 5.74) is 8.71. The number of benzene rings is 3. The number of hydrogen-bond donors (Lipinski definition) is 2. The van der Waals surface area contributed by atoms with Crippen LogP contribution in [0.25, 0.3) is 33.6 Å². The van der Waals surface area contributed by atoms with E-state index in [1.54, 1.807) is 19.2 Å². The molecule has 0 saturated carbocycles. The fourth-order valence-corrected chi connectivity index (χ4v) is 5.02. The molecule has 0 bridgehead atoms. The van der Waals surface area contributed by atoms with Crippen LogP contribution in [0.15, 0.2) is 60.7 Å². The maximum atomic E-state index is 9.57. The Labute approximate surface area is 218 Å². The zero-order valence-electron chi connectivity index (χ0n) is 22.1. The summed E-state index contributed by atoms with van der Waals surface area (Å²) in [6, 6.07) is 19.8. The van der Waals surface area contributed by atoms with Gasteiger partial charge in [0, 0.05) is 36.2 Å². The number of methoxy groups -OCH3 is 1. The molecule has 0 fully saturated rings. The third kappa shape index (κ3) is 5.19. The molecule has 1 aliphatic carbocycles. The van der Waals surface area contributed by atoms with Gasteiger partial charge in [-0.2, -0.15) is 5.10 Å². The highest BCUT2D eigenvalue weighted by Crippen LogP contribution is 2.45. The zero-order valence-corrected chi connectivity index (χ0v) is 22.1. The summed E-state index contributed by atoms with van der Waals surface area (Å²) in [5, 5.41) is 17.5. The number of nitrogens with one attached hydrogen (secondary N) is 1. The standard InChI is InChI=1S/C30H34N4O3/c1-33(2)17-24(18-34(3)4)37-28-16-25-22(15-27(28)36-5)14-26-29(31-32-30(25)26)21-8-6-19(7-9-21)20-10-12-23(35)13-11-20/h6-13,15-16,24,35H,14,17-18H2,1-5H3,(H,31,32). The Morgan fingerprint density at radius 3 is 2.05 bits per heavy atom. The van der Waals surface area contributed by atoms with Crippen molar-refractivity contribution in [3.05, 3.63) is 71.8 Å². The second kappa shape index (κ2) is 10.3. The van der Waals surface area contributed by atoms with E-state index >= 15 is 0 Å². The molecule has 7 heteroatoms. The van der Waals surface area contributed by atoms with E-state index in [9.17, 15) is 5.11 Å². The summed E-state index contributed by atoms with van der Waals surface area (Å²) in [6.07, 6.45) is 0.785. The molecule has 0 amide bonds. The molecule has 0 unspecified atom stereocenters. The molecular weight excluding hydrogens is 464 g/mol. The molecule has 1 aromatic heterocycles. The van der Waals surface area contributed by atoms with Crippen LogP contribution in [0.1, 0.15) is 11.1 Å². The molecule has 37 heavy (non-hydrogen) atoms. The minimum absolute atomic E-state index is 0.00208. The molecule has 0 saturated heterocycles. The van der Waals surface area contributed by atoms with Gasteiger partial charge in [-0.15, -0.1) is 0 Å². The van der Waals surface area contributed by atoms with E-state index in [0.717, 1.165) is 64.7 Å². The number of aromatic amines is 1. The highest BCUT2D eigenvalue weighted by molar-refractivity contribution is 5.83. The van der Waals surface area contributed by atoms with Gasteiger partial charge in [0.25, 0.3) is 0 Å². The van der Waals surface area contributed by atoms with E-state index in [-0.39, 0.29) is 11.9 Å². The van der Waals surface area contributed by atoms with Crippen LogP contribution < -0.4 is 9.47 Å². The number of phenolic OH excluding ortho intramolecular Hbond substituents is 1. The Hall–Kier alpha value is -3.81. The van der Waals surface area contributed by atoms with Crippen molar-refractivity contribution in [2.45, 2.75) is 12.5 Å². The number of hydrogen-bond acceptors (Lipinski definition) is 6. The lowest BCUT2D eigenvalue weighted by molar-refractivity contribution is 0.124. The Balaban J connectivity index is 1.43. The van der Waals surface area contributed by atoms with E-state index in [4.69, 9.17) is 9.47 Å². The molecule has 4 aromatic rings. The van der Waals surface area contributed by atoms with Crippen LogP contribution >= 0.6 is 0 Å². The number of aromatic hydroxyl groups is 1. The second-order valence-corrected chi connectivity index (χ2v) is 10.2. The monoisotopic (exact) mass is 498 g/mol. The first-order chi connectivity index (χ1) is 17.8. The third-order valence-electron chi connectivity index (χ3n) is 6.68. The summed E-state index contributed by atoms with van der Waals surface area (Å²) in [4.78, 5) is 4.28. The van der Waals surface area contributed by atoms with E-state index in [2.05, 4.69) is 84.6 Å². The number of rotatable bonds is 9. The molecular formula is C30H34N4O3. The molecule has 7 nitrogen and oxygen atoms in total. The number of aromatic nitrogens is 2. The van der Waals surface area contributed by atoms with Crippen LogP contribution in [-0.4, -0.2) is 79.6 Å². The lowest BCUT2D eigenvalue weighted by Gasteiger charge is -2.26. The molecule has 0 aliphatic heterocycles. The molecule has 3 aromatic carbocycles. The lowest BCUT2D eigenvalue weighted by Crippen LogP contribution is -2.38. The van der Waals surface area contributed by atoms with Crippen LogP contribution in [0.4, 0.5) is 0 Å². The number of ether oxygens (including phenoxy) is 2. The van der Waals surface area contributed by atoms with Crippen LogP contribution in [0.5, 0.6) is 17.2 Å². The normalized spacial score (nSPS) is 12.3. The second-order valence-electron chi connectivity index (χ2n) is 10.2. The Morgan fingerprint density at radius 1 is 0.865 bits per heavy atom. The molecule has 5 rings (SSSR count). The van der Waals surface area contributed by atoms with Gasteiger partial charge < -0.3 is 24.4 Å². The maximum Gasteiger partial charge on any atom is 0.162 e. The van der Waals surface area contributed by atoms with Gasteiger partial charge in [0.05, 0.1) is 18.5 Å². The highest BCUT2D eigenvalue weighted by Gasteiger charge is 2.28. The minimum Gasteiger partial charge on any atom is -0.508 e. The summed E-state index contributed by atoms with van der Waals surface area (Å²) in [7, 11) is 9.92. The first kappa shape index (κ1) is 24.9. The molecule has 1 heterocycles. The molecule has 1 aliphatic rings. The van der Waals surface area contributed by atoms with Gasteiger partial charge in [0.2, 0.25) is 0 Å². The Kier molecular flexibility index (Phi) is 6.91. The molecule has 0 spiro atoms. The maximum absolute atomic E-state index is 9.57. The summed E-state index contributed by atoms with van der Waals surface area (Å²) < 4.78 is 12.2.